The minimum Gasteiger partial charge on any atom is -0.322 e. The Bertz CT molecular complexity index is 1030. The van der Waals surface area contributed by atoms with Crippen molar-refractivity contribution in [3.63, 3.8) is 0 Å². The first-order valence-electron chi connectivity index (χ1n) is 9.27. The molecule has 5 heteroatoms. The van der Waals surface area contributed by atoms with Crippen molar-refractivity contribution in [2.75, 3.05) is 18.4 Å². The molecule has 4 rings (SSSR count). The first-order valence-corrected chi connectivity index (χ1v) is 10.3. The van der Waals surface area contributed by atoms with Gasteiger partial charge in [0.1, 0.15) is 0 Å². The number of rotatable bonds is 3. The number of aryl methyl sites for hydroxylation is 1. The summed E-state index contributed by atoms with van der Waals surface area (Å²) in [7, 11) is 0. The third-order valence-electron chi connectivity index (χ3n) is 5.24. The summed E-state index contributed by atoms with van der Waals surface area (Å²) in [6, 6.07) is 14.0. The van der Waals surface area contributed by atoms with Crippen molar-refractivity contribution in [2.45, 2.75) is 26.8 Å². The summed E-state index contributed by atoms with van der Waals surface area (Å²) in [6.07, 6.45) is 0.886. The number of para-hydroxylation sites is 1. The van der Waals surface area contributed by atoms with E-state index in [0.717, 1.165) is 68.6 Å². The second-order valence-corrected chi connectivity index (χ2v) is 8.21. The van der Waals surface area contributed by atoms with Crippen LogP contribution in [-0.4, -0.2) is 28.9 Å². The first-order chi connectivity index (χ1) is 13.1. The molecule has 0 atom stereocenters. The number of hydrogen-bond donors (Lipinski definition) is 1. The van der Waals surface area contributed by atoms with E-state index in [1.807, 2.05) is 43.3 Å². The van der Waals surface area contributed by atoms with E-state index in [9.17, 15) is 4.79 Å². The zero-order valence-corrected chi connectivity index (χ0v) is 17.7. The minimum atomic E-state index is -0.0490. The van der Waals surface area contributed by atoms with E-state index in [0.29, 0.717) is 0 Å². The van der Waals surface area contributed by atoms with Crippen molar-refractivity contribution in [2.24, 2.45) is 0 Å². The van der Waals surface area contributed by atoms with Gasteiger partial charge in [0, 0.05) is 45.4 Å². The largest absolute Gasteiger partial charge is 0.322 e. The minimum absolute atomic E-state index is 0.0490. The molecular formula is C22H22IN3O. The lowest BCUT2D eigenvalue weighted by molar-refractivity contribution is 0.102. The highest BCUT2D eigenvalue weighted by atomic mass is 127. The van der Waals surface area contributed by atoms with E-state index in [1.54, 1.807) is 0 Å². The topological polar surface area (TPSA) is 45.2 Å². The molecule has 1 aliphatic heterocycles. The molecule has 2 heterocycles. The van der Waals surface area contributed by atoms with Gasteiger partial charge < -0.3 is 5.32 Å². The third kappa shape index (κ3) is 3.58. The Morgan fingerprint density at radius 1 is 1.26 bits per heavy atom. The number of carbonyl (C=O) groups excluding carboxylic acids is 1. The molecule has 0 spiro atoms. The summed E-state index contributed by atoms with van der Waals surface area (Å²) >= 11 is 2.29. The third-order valence-corrected chi connectivity index (χ3v) is 5.91. The Kier molecular flexibility index (Phi) is 5.14. The number of aromatic nitrogens is 1. The first kappa shape index (κ1) is 18.4. The van der Waals surface area contributed by atoms with Crippen LogP contribution in [0.15, 0.2) is 42.5 Å². The number of carbonyl (C=O) groups is 1. The van der Waals surface area contributed by atoms with E-state index < -0.39 is 0 Å². The van der Waals surface area contributed by atoms with E-state index in [4.69, 9.17) is 4.98 Å². The Balaban J connectivity index is 1.82. The number of amides is 1. The van der Waals surface area contributed by atoms with Crippen molar-refractivity contribution < 1.29 is 4.79 Å². The van der Waals surface area contributed by atoms with Crippen LogP contribution in [0, 0.1) is 10.5 Å². The maximum absolute atomic E-state index is 13.4. The number of nitrogens with one attached hydrogen (secondary N) is 1. The molecule has 0 aliphatic carbocycles. The van der Waals surface area contributed by atoms with Crippen LogP contribution in [0.2, 0.25) is 0 Å². The fourth-order valence-corrected chi connectivity index (χ4v) is 4.37. The predicted octanol–water partition coefficient (Wildman–Crippen LogP) is 4.78. The molecule has 0 bridgehead atoms. The monoisotopic (exact) mass is 471 g/mol. The van der Waals surface area contributed by atoms with Gasteiger partial charge in [-0.3, -0.25) is 14.7 Å². The van der Waals surface area contributed by atoms with Crippen molar-refractivity contribution in [1.29, 1.82) is 0 Å². The average Bonchev–Trinajstić information content (AvgIpc) is 2.67. The summed E-state index contributed by atoms with van der Waals surface area (Å²) in [4.78, 5) is 20.6. The molecule has 27 heavy (non-hydrogen) atoms. The number of hydrogen-bond acceptors (Lipinski definition) is 3. The lowest BCUT2D eigenvalue weighted by Crippen LogP contribution is -2.33. The van der Waals surface area contributed by atoms with Crippen molar-refractivity contribution in [3.05, 3.63) is 68.4 Å². The number of likely N-dealkylation sites (N-methyl/N-ethyl adjacent to an activating group) is 1. The van der Waals surface area contributed by atoms with Gasteiger partial charge in [-0.15, -0.1) is 0 Å². The molecule has 2 aromatic carbocycles. The molecule has 1 amide bonds. The average molecular weight is 471 g/mol. The lowest BCUT2D eigenvalue weighted by Gasteiger charge is -2.29. The van der Waals surface area contributed by atoms with Crippen molar-refractivity contribution in [3.8, 4) is 0 Å². The zero-order chi connectivity index (χ0) is 19.0. The highest BCUT2D eigenvalue weighted by Crippen LogP contribution is 2.29. The fourth-order valence-electron chi connectivity index (χ4n) is 3.73. The normalized spacial score (nSPS) is 14.2. The van der Waals surface area contributed by atoms with Gasteiger partial charge in [-0.1, -0.05) is 25.1 Å². The maximum atomic E-state index is 13.4. The Hall–Kier alpha value is -1.99. The highest BCUT2D eigenvalue weighted by molar-refractivity contribution is 14.1. The highest BCUT2D eigenvalue weighted by Gasteiger charge is 2.25. The van der Waals surface area contributed by atoms with Crippen LogP contribution in [0.5, 0.6) is 0 Å². The van der Waals surface area contributed by atoms with E-state index in [1.165, 1.54) is 0 Å². The van der Waals surface area contributed by atoms with Gasteiger partial charge in [0.2, 0.25) is 0 Å². The predicted molar refractivity (Wildman–Crippen MR) is 118 cm³/mol. The molecular weight excluding hydrogens is 449 g/mol. The van der Waals surface area contributed by atoms with Crippen LogP contribution >= 0.6 is 22.6 Å². The number of fused-ring (bicyclic) bond motifs is 2. The summed E-state index contributed by atoms with van der Waals surface area (Å²) in [6.45, 7) is 6.93. The molecule has 138 valence electrons. The number of nitrogens with zero attached hydrogens (tertiary/aromatic N) is 2. The summed E-state index contributed by atoms with van der Waals surface area (Å²) in [5.74, 6) is -0.0490. The Morgan fingerprint density at radius 3 is 2.85 bits per heavy atom. The number of anilines is 1. The number of halogens is 1. The molecule has 0 saturated carbocycles. The van der Waals surface area contributed by atoms with Gasteiger partial charge in [0.05, 0.1) is 11.1 Å². The van der Waals surface area contributed by atoms with Gasteiger partial charge in [-0.25, -0.2) is 0 Å². The molecule has 0 radical (unpaired) electrons. The van der Waals surface area contributed by atoms with E-state index in [-0.39, 0.29) is 5.91 Å². The smallest absolute Gasteiger partial charge is 0.256 e. The SMILES string of the molecule is CCN1CCc2nc3ccccc3c(C(=O)Nc3ccc(I)cc3C)c2C1. The molecule has 3 aromatic rings. The van der Waals surface area contributed by atoms with Crippen LogP contribution in [0.3, 0.4) is 0 Å². The fraction of sp³-hybridized carbons (Fsp3) is 0.273. The van der Waals surface area contributed by atoms with Crippen LogP contribution in [0.1, 0.15) is 34.1 Å². The van der Waals surface area contributed by atoms with Gasteiger partial charge in [-0.2, -0.15) is 0 Å². The van der Waals surface area contributed by atoms with Crippen LogP contribution in [0.25, 0.3) is 10.9 Å². The van der Waals surface area contributed by atoms with Crippen molar-refractivity contribution >= 4 is 45.1 Å². The number of benzene rings is 2. The molecule has 4 nitrogen and oxygen atoms in total. The quantitative estimate of drug-likeness (QED) is 0.560. The van der Waals surface area contributed by atoms with Crippen LogP contribution < -0.4 is 5.32 Å². The van der Waals surface area contributed by atoms with Crippen LogP contribution in [0.4, 0.5) is 5.69 Å². The molecule has 1 aromatic heterocycles. The molecule has 1 aliphatic rings. The van der Waals surface area contributed by atoms with Crippen molar-refractivity contribution in [1.82, 2.24) is 9.88 Å². The molecule has 0 fully saturated rings. The van der Waals surface area contributed by atoms with E-state index in [2.05, 4.69) is 45.8 Å². The summed E-state index contributed by atoms with van der Waals surface area (Å²) < 4.78 is 1.16. The molecule has 1 N–H and O–H groups in total. The van der Waals surface area contributed by atoms with Gasteiger partial charge in [-0.05, 0) is 65.9 Å². The summed E-state index contributed by atoms with van der Waals surface area (Å²) in [5, 5.41) is 4.07. The van der Waals surface area contributed by atoms with Gasteiger partial charge in [0.15, 0.2) is 0 Å². The molecule has 0 unspecified atom stereocenters. The maximum Gasteiger partial charge on any atom is 0.256 e. The zero-order valence-electron chi connectivity index (χ0n) is 15.6. The Morgan fingerprint density at radius 2 is 2.07 bits per heavy atom. The van der Waals surface area contributed by atoms with Gasteiger partial charge in [0.25, 0.3) is 5.91 Å². The lowest BCUT2D eigenvalue weighted by atomic mass is 9.95. The van der Waals surface area contributed by atoms with Crippen LogP contribution in [-0.2, 0) is 13.0 Å². The Labute approximate surface area is 173 Å². The number of pyridine rings is 1. The summed E-state index contributed by atoms with van der Waals surface area (Å²) in [5.41, 5.74) is 5.72. The molecule has 0 saturated heterocycles. The second-order valence-electron chi connectivity index (χ2n) is 6.96. The standard InChI is InChI=1S/C22H22IN3O/c1-3-26-11-10-20-17(13-26)21(16-6-4-5-7-19(16)24-20)22(27)25-18-9-8-15(23)12-14(18)2/h4-9,12H,3,10-11,13H2,1-2H3,(H,25,27). The van der Waals surface area contributed by atoms with E-state index >= 15 is 0 Å². The van der Waals surface area contributed by atoms with Gasteiger partial charge >= 0.3 is 0 Å². The second kappa shape index (κ2) is 7.56.